The van der Waals surface area contributed by atoms with E-state index in [4.69, 9.17) is 4.74 Å². The van der Waals surface area contributed by atoms with E-state index in [2.05, 4.69) is 13.0 Å². The summed E-state index contributed by atoms with van der Waals surface area (Å²) in [5, 5.41) is 0. The maximum Gasteiger partial charge on any atom is 0.162 e. The monoisotopic (exact) mass is 308 g/mol. The molecule has 3 heteroatoms. The Labute approximate surface area is 132 Å². The van der Waals surface area contributed by atoms with Crippen LogP contribution in [0.15, 0.2) is 24.0 Å². The third-order valence-corrected chi connectivity index (χ3v) is 4.34. The first-order chi connectivity index (χ1) is 10.6. The normalized spacial score (nSPS) is 18.0. The van der Waals surface area contributed by atoms with Gasteiger partial charge in [0.15, 0.2) is 11.6 Å². The van der Waals surface area contributed by atoms with Crippen molar-refractivity contribution in [3.8, 4) is 0 Å². The Morgan fingerprint density at radius 1 is 1.14 bits per heavy atom. The van der Waals surface area contributed by atoms with Crippen LogP contribution in [0.4, 0.5) is 8.78 Å². The van der Waals surface area contributed by atoms with E-state index in [1.807, 2.05) is 0 Å². The molecule has 2 rings (SSSR count). The van der Waals surface area contributed by atoms with Gasteiger partial charge in [-0.05, 0) is 62.1 Å². The summed E-state index contributed by atoms with van der Waals surface area (Å²) in [7, 11) is 0. The highest BCUT2D eigenvalue weighted by Gasteiger charge is 2.15. The molecular weight excluding hydrogens is 282 g/mol. The average molecular weight is 308 g/mol. The molecule has 0 amide bonds. The van der Waals surface area contributed by atoms with Crippen molar-refractivity contribution in [2.45, 2.75) is 58.8 Å². The van der Waals surface area contributed by atoms with Gasteiger partial charge in [-0.2, -0.15) is 0 Å². The first kappa shape index (κ1) is 17.0. The highest BCUT2D eigenvalue weighted by atomic mass is 19.2. The van der Waals surface area contributed by atoms with Gasteiger partial charge in [0.05, 0.1) is 12.4 Å². The molecule has 1 nitrogen and oxygen atoms in total. The Morgan fingerprint density at radius 2 is 1.95 bits per heavy atom. The van der Waals surface area contributed by atoms with Gasteiger partial charge >= 0.3 is 0 Å². The quantitative estimate of drug-likeness (QED) is 0.586. The summed E-state index contributed by atoms with van der Waals surface area (Å²) in [4.78, 5) is 0. The largest absolute Gasteiger partial charge is 0.498 e. The van der Waals surface area contributed by atoms with Gasteiger partial charge in [-0.3, -0.25) is 0 Å². The van der Waals surface area contributed by atoms with Crippen LogP contribution >= 0.6 is 0 Å². The maximum atomic E-state index is 13.8. The zero-order chi connectivity index (χ0) is 15.9. The smallest absolute Gasteiger partial charge is 0.162 e. The zero-order valence-corrected chi connectivity index (χ0v) is 13.6. The third kappa shape index (κ3) is 4.56. The fraction of sp³-hybridized carbons (Fsp3) is 0.579. The number of aryl methyl sites for hydroxylation is 2. The molecule has 1 heterocycles. The van der Waals surface area contributed by atoms with Gasteiger partial charge in [-0.15, -0.1) is 0 Å². The first-order valence-corrected chi connectivity index (χ1v) is 8.37. The van der Waals surface area contributed by atoms with E-state index in [-0.39, 0.29) is 0 Å². The molecule has 0 N–H and O–H groups in total. The van der Waals surface area contributed by atoms with E-state index >= 15 is 0 Å². The second-order valence-electron chi connectivity index (χ2n) is 6.25. The molecular formula is C19H26F2O. The molecule has 0 radical (unpaired) electrons. The van der Waals surface area contributed by atoms with E-state index < -0.39 is 11.6 Å². The molecule has 1 unspecified atom stereocenters. The van der Waals surface area contributed by atoms with E-state index in [1.54, 1.807) is 19.1 Å². The van der Waals surface area contributed by atoms with Gasteiger partial charge in [0.25, 0.3) is 0 Å². The predicted octanol–water partition coefficient (Wildman–Crippen LogP) is 5.71. The first-order valence-electron chi connectivity index (χ1n) is 8.37. The van der Waals surface area contributed by atoms with Gasteiger partial charge in [0.2, 0.25) is 0 Å². The van der Waals surface area contributed by atoms with E-state index in [9.17, 15) is 8.78 Å². The van der Waals surface area contributed by atoms with Crippen LogP contribution in [-0.4, -0.2) is 6.61 Å². The highest BCUT2D eigenvalue weighted by Crippen LogP contribution is 2.24. The van der Waals surface area contributed by atoms with Crippen molar-refractivity contribution in [2.24, 2.45) is 5.92 Å². The van der Waals surface area contributed by atoms with Crippen molar-refractivity contribution in [3.05, 3.63) is 46.7 Å². The second-order valence-corrected chi connectivity index (χ2v) is 6.25. The lowest BCUT2D eigenvalue weighted by atomic mass is 9.95. The highest BCUT2D eigenvalue weighted by molar-refractivity contribution is 5.25. The minimum absolute atomic E-state index is 0.371. The van der Waals surface area contributed by atoms with Crippen molar-refractivity contribution < 1.29 is 13.5 Å². The Hall–Kier alpha value is -1.38. The van der Waals surface area contributed by atoms with Crippen molar-refractivity contribution in [2.75, 3.05) is 6.61 Å². The summed E-state index contributed by atoms with van der Waals surface area (Å²) in [6.45, 7) is 4.55. The molecule has 0 bridgehead atoms. The van der Waals surface area contributed by atoms with Crippen LogP contribution < -0.4 is 0 Å². The predicted molar refractivity (Wildman–Crippen MR) is 85.7 cm³/mol. The molecule has 1 aromatic carbocycles. The summed E-state index contributed by atoms with van der Waals surface area (Å²) in [6.07, 6.45) is 9.07. The van der Waals surface area contributed by atoms with Crippen molar-refractivity contribution in [1.82, 2.24) is 0 Å². The van der Waals surface area contributed by atoms with Crippen molar-refractivity contribution in [1.29, 1.82) is 0 Å². The van der Waals surface area contributed by atoms with Crippen molar-refractivity contribution in [3.63, 3.8) is 0 Å². The summed E-state index contributed by atoms with van der Waals surface area (Å²) in [5.41, 5.74) is 0.864. The third-order valence-electron chi connectivity index (χ3n) is 4.34. The van der Waals surface area contributed by atoms with Crippen LogP contribution in [0.1, 0.15) is 56.6 Å². The fourth-order valence-corrected chi connectivity index (χ4v) is 2.90. The molecule has 1 atom stereocenters. The SMILES string of the molecule is CCCC1=CCC(CCCCc2ccc(C)c(F)c2F)CO1. The summed E-state index contributed by atoms with van der Waals surface area (Å²) >= 11 is 0. The minimum Gasteiger partial charge on any atom is -0.498 e. The lowest BCUT2D eigenvalue weighted by Gasteiger charge is -2.23. The fourth-order valence-electron chi connectivity index (χ4n) is 2.90. The molecule has 22 heavy (non-hydrogen) atoms. The van der Waals surface area contributed by atoms with Gasteiger partial charge in [0, 0.05) is 6.42 Å². The number of halogens is 2. The lowest BCUT2D eigenvalue weighted by molar-refractivity contribution is 0.132. The molecule has 1 aliphatic rings. The van der Waals surface area contributed by atoms with Gasteiger partial charge < -0.3 is 4.74 Å². The molecule has 1 aliphatic heterocycles. The molecule has 0 saturated carbocycles. The molecule has 0 spiro atoms. The number of benzene rings is 1. The van der Waals surface area contributed by atoms with Crippen LogP contribution in [0.3, 0.4) is 0 Å². The van der Waals surface area contributed by atoms with E-state index in [1.165, 1.54) is 0 Å². The summed E-state index contributed by atoms with van der Waals surface area (Å²) in [6, 6.07) is 3.36. The van der Waals surface area contributed by atoms with Gasteiger partial charge in [-0.1, -0.05) is 25.5 Å². The number of hydrogen-bond donors (Lipinski definition) is 0. The molecule has 0 aliphatic carbocycles. The Morgan fingerprint density at radius 3 is 2.64 bits per heavy atom. The van der Waals surface area contributed by atoms with Crippen LogP contribution in [0.2, 0.25) is 0 Å². The second kappa shape index (κ2) is 8.30. The van der Waals surface area contributed by atoms with Crippen LogP contribution in [-0.2, 0) is 11.2 Å². The number of unbranched alkanes of at least 4 members (excludes halogenated alkanes) is 1. The number of ether oxygens (including phenoxy) is 1. The molecule has 0 saturated heterocycles. The molecule has 1 aromatic rings. The Balaban J connectivity index is 1.71. The van der Waals surface area contributed by atoms with Gasteiger partial charge in [-0.25, -0.2) is 8.78 Å². The molecule has 0 aromatic heterocycles. The van der Waals surface area contributed by atoms with E-state index in [0.717, 1.165) is 50.9 Å². The molecule has 122 valence electrons. The van der Waals surface area contributed by atoms with Crippen LogP contribution in [0, 0.1) is 24.5 Å². The number of rotatable bonds is 7. The summed E-state index contributed by atoms with van der Waals surface area (Å²) in [5.74, 6) is 0.330. The maximum absolute atomic E-state index is 13.8. The zero-order valence-electron chi connectivity index (χ0n) is 13.6. The Kier molecular flexibility index (Phi) is 6.41. The molecule has 0 fully saturated rings. The van der Waals surface area contributed by atoms with E-state index in [0.29, 0.717) is 23.5 Å². The number of hydrogen-bond acceptors (Lipinski definition) is 1. The van der Waals surface area contributed by atoms with Crippen molar-refractivity contribution >= 4 is 0 Å². The minimum atomic E-state index is -0.702. The Bertz CT molecular complexity index is 522. The topological polar surface area (TPSA) is 9.23 Å². The van der Waals surface area contributed by atoms with Crippen LogP contribution in [0.5, 0.6) is 0 Å². The van der Waals surface area contributed by atoms with Crippen LogP contribution in [0.25, 0.3) is 0 Å². The lowest BCUT2D eigenvalue weighted by Crippen LogP contribution is -2.14. The number of allylic oxidation sites excluding steroid dienone is 2. The average Bonchev–Trinajstić information content (AvgIpc) is 2.53. The van der Waals surface area contributed by atoms with Gasteiger partial charge in [0.1, 0.15) is 0 Å². The standard InChI is InChI=1S/C19H26F2O/c1-3-6-17-12-10-15(13-22-17)7-4-5-8-16-11-9-14(2)18(20)19(16)21/h9,11-12,15H,3-8,10,13H2,1-2H3. The summed E-state index contributed by atoms with van der Waals surface area (Å²) < 4.78 is 33.0.